The molecule has 0 aromatic carbocycles. The Bertz CT molecular complexity index is 279. The van der Waals surface area contributed by atoms with E-state index >= 15 is 0 Å². The van der Waals surface area contributed by atoms with Gasteiger partial charge in [0.05, 0.1) is 6.61 Å². The number of carbonyl (C=O) groups is 3. The van der Waals surface area contributed by atoms with Gasteiger partial charge in [-0.15, -0.1) is 0 Å². The van der Waals surface area contributed by atoms with E-state index in [4.69, 9.17) is 4.74 Å². The van der Waals surface area contributed by atoms with Crippen LogP contribution in [-0.4, -0.2) is 44.4 Å². The molecule has 0 unspecified atom stereocenters. The lowest BCUT2D eigenvalue weighted by Crippen LogP contribution is -2.32. The van der Waals surface area contributed by atoms with Crippen LogP contribution in [0.2, 0.25) is 0 Å². The van der Waals surface area contributed by atoms with Crippen LogP contribution >= 0.6 is 0 Å². The molecule has 2 amide bonds. The molecule has 0 rings (SSSR count). The molecular weight excluding hydrogens is 236 g/mol. The molecule has 2 N–H and O–H groups in total. The maximum absolute atomic E-state index is 11.2. The maximum atomic E-state index is 11.2. The van der Waals surface area contributed by atoms with Crippen LogP contribution in [0.1, 0.15) is 32.6 Å². The molecule has 0 aromatic rings. The molecule has 104 valence electrons. The summed E-state index contributed by atoms with van der Waals surface area (Å²) in [4.78, 5) is 33.0. The summed E-state index contributed by atoms with van der Waals surface area (Å²) in [6.07, 6.45) is 1.65. The molecule has 6 nitrogen and oxygen atoms in total. The van der Waals surface area contributed by atoms with Gasteiger partial charge in [-0.2, -0.15) is 0 Å². The first-order chi connectivity index (χ1) is 8.60. The normalized spacial score (nSPS) is 9.89. The maximum Gasteiger partial charge on any atom is 0.229 e. The van der Waals surface area contributed by atoms with Gasteiger partial charge in [0.15, 0.2) is 0 Å². The van der Waals surface area contributed by atoms with Gasteiger partial charge in [-0.3, -0.25) is 14.4 Å². The number of amides is 2. The molecule has 0 aliphatic rings. The second-order valence-electron chi connectivity index (χ2n) is 3.81. The largest absolute Gasteiger partial charge is 0.380 e. The van der Waals surface area contributed by atoms with E-state index < -0.39 is 0 Å². The third kappa shape index (κ3) is 9.77. The SMILES string of the molecule is CCC(=O)CCCOCCNC(=O)CC(=O)NC. The minimum absolute atomic E-state index is 0.165. The van der Waals surface area contributed by atoms with Gasteiger partial charge in [0.2, 0.25) is 11.8 Å². The summed E-state index contributed by atoms with van der Waals surface area (Å²) in [6.45, 7) is 3.11. The summed E-state index contributed by atoms with van der Waals surface area (Å²) in [5, 5.41) is 4.93. The number of hydrogen-bond acceptors (Lipinski definition) is 4. The summed E-state index contributed by atoms with van der Waals surface area (Å²) in [5.41, 5.74) is 0. The van der Waals surface area contributed by atoms with Crippen molar-refractivity contribution in [3.05, 3.63) is 0 Å². The van der Waals surface area contributed by atoms with Crippen LogP contribution in [0.5, 0.6) is 0 Å². The monoisotopic (exact) mass is 258 g/mol. The van der Waals surface area contributed by atoms with Crippen LogP contribution in [0.25, 0.3) is 0 Å². The van der Waals surface area contributed by atoms with Crippen LogP contribution in [-0.2, 0) is 19.1 Å². The molecule has 0 heterocycles. The standard InChI is InChI=1S/C12H22N2O4/c1-3-10(15)5-4-7-18-8-6-14-12(17)9-11(16)13-2/h3-9H2,1-2H3,(H,13,16)(H,14,17). The molecule has 0 radical (unpaired) electrons. The summed E-state index contributed by atoms with van der Waals surface area (Å²) >= 11 is 0. The highest BCUT2D eigenvalue weighted by Crippen LogP contribution is 1.94. The molecular formula is C12H22N2O4. The van der Waals surface area contributed by atoms with E-state index in [1.54, 1.807) is 0 Å². The van der Waals surface area contributed by atoms with E-state index in [2.05, 4.69) is 10.6 Å². The lowest BCUT2D eigenvalue weighted by molar-refractivity contribution is -0.129. The molecule has 0 saturated heterocycles. The Morgan fingerprint density at radius 3 is 2.44 bits per heavy atom. The van der Waals surface area contributed by atoms with Crippen molar-refractivity contribution in [2.45, 2.75) is 32.6 Å². The van der Waals surface area contributed by atoms with Crippen molar-refractivity contribution in [1.82, 2.24) is 10.6 Å². The fraction of sp³-hybridized carbons (Fsp3) is 0.750. The van der Waals surface area contributed by atoms with E-state index in [9.17, 15) is 14.4 Å². The molecule has 0 fully saturated rings. The summed E-state index contributed by atoms with van der Waals surface area (Å²) in [7, 11) is 1.48. The van der Waals surface area contributed by atoms with Crippen molar-refractivity contribution in [3.63, 3.8) is 0 Å². The Morgan fingerprint density at radius 2 is 1.83 bits per heavy atom. The Hall–Kier alpha value is -1.43. The van der Waals surface area contributed by atoms with Crippen LogP contribution < -0.4 is 10.6 Å². The fourth-order valence-electron chi connectivity index (χ4n) is 1.21. The summed E-state index contributed by atoms with van der Waals surface area (Å²) < 4.78 is 5.24. The van der Waals surface area contributed by atoms with Crippen LogP contribution in [0.3, 0.4) is 0 Å². The quantitative estimate of drug-likeness (QED) is 0.427. The smallest absolute Gasteiger partial charge is 0.229 e. The minimum atomic E-state index is -0.320. The van der Waals surface area contributed by atoms with Crippen molar-refractivity contribution >= 4 is 17.6 Å². The molecule has 0 aliphatic carbocycles. The van der Waals surface area contributed by atoms with Crippen molar-refractivity contribution in [2.24, 2.45) is 0 Å². The second-order valence-corrected chi connectivity index (χ2v) is 3.81. The van der Waals surface area contributed by atoms with Crippen LogP contribution in [0.4, 0.5) is 0 Å². The summed E-state index contributed by atoms with van der Waals surface area (Å²) in [6, 6.07) is 0. The van der Waals surface area contributed by atoms with Crippen molar-refractivity contribution < 1.29 is 19.1 Å². The van der Waals surface area contributed by atoms with Crippen molar-refractivity contribution in [3.8, 4) is 0 Å². The van der Waals surface area contributed by atoms with Crippen molar-refractivity contribution in [2.75, 3.05) is 26.8 Å². The first-order valence-corrected chi connectivity index (χ1v) is 6.16. The zero-order chi connectivity index (χ0) is 13.8. The van der Waals surface area contributed by atoms with Gasteiger partial charge in [0.1, 0.15) is 12.2 Å². The highest BCUT2D eigenvalue weighted by atomic mass is 16.5. The third-order valence-corrected chi connectivity index (χ3v) is 2.31. The highest BCUT2D eigenvalue weighted by molar-refractivity contribution is 5.96. The topological polar surface area (TPSA) is 84.5 Å². The van der Waals surface area contributed by atoms with E-state index in [0.29, 0.717) is 39.0 Å². The average Bonchev–Trinajstić information content (AvgIpc) is 2.36. The molecule has 18 heavy (non-hydrogen) atoms. The zero-order valence-electron chi connectivity index (χ0n) is 11.1. The van der Waals surface area contributed by atoms with E-state index in [1.807, 2.05) is 6.92 Å². The molecule has 0 spiro atoms. The number of Topliss-reactive ketones (excluding diaryl/α,β-unsaturated/α-hetero) is 1. The minimum Gasteiger partial charge on any atom is -0.380 e. The molecule has 0 saturated carbocycles. The Balaban J connectivity index is 3.32. The number of ether oxygens (including phenoxy) is 1. The van der Waals surface area contributed by atoms with E-state index in [1.165, 1.54) is 7.05 Å². The van der Waals surface area contributed by atoms with Gasteiger partial charge in [-0.25, -0.2) is 0 Å². The Labute approximate surface area is 107 Å². The first-order valence-electron chi connectivity index (χ1n) is 6.16. The first kappa shape index (κ1) is 16.6. The fourth-order valence-corrected chi connectivity index (χ4v) is 1.21. The van der Waals surface area contributed by atoms with Crippen LogP contribution in [0, 0.1) is 0 Å². The van der Waals surface area contributed by atoms with E-state index in [-0.39, 0.29) is 24.0 Å². The molecule has 0 aromatic heterocycles. The number of nitrogens with one attached hydrogen (secondary N) is 2. The molecule has 0 atom stereocenters. The highest BCUT2D eigenvalue weighted by Gasteiger charge is 2.06. The lowest BCUT2D eigenvalue weighted by atomic mass is 10.2. The Kier molecular flexibility index (Phi) is 9.86. The average molecular weight is 258 g/mol. The number of rotatable bonds is 10. The van der Waals surface area contributed by atoms with Crippen molar-refractivity contribution in [1.29, 1.82) is 0 Å². The molecule has 0 aliphatic heterocycles. The van der Waals surface area contributed by atoms with Gasteiger partial charge in [0, 0.05) is 33.0 Å². The van der Waals surface area contributed by atoms with Gasteiger partial charge in [-0.1, -0.05) is 6.92 Å². The van der Waals surface area contributed by atoms with Gasteiger partial charge < -0.3 is 15.4 Å². The third-order valence-electron chi connectivity index (χ3n) is 2.31. The predicted octanol–water partition coefficient (Wildman–Crippen LogP) is 0.0146. The zero-order valence-corrected chi connectivity index (χ0v) is 11.1. The molecule has 0 bridgehead atoms. The number of carbonyl (C=O) groups excluding carboxylic acids is 3. The predicted molar refractivity (Wildman–Crippen MR) is 67.0 cm³/mol. The van der Waals surface area contributed by atoms with Gasteiger partial charge in [0.25, 0.3) is 0 Å². The number of ketones is 1. The van der Waals surface area contributed by atoms with E-state index in [0.717, 1.165) is 0 Å². The second kappa shape index (κ2) is 10.7. The lowest BCUT2D eigenvalue weighted by Gasteiger charge is -2.05. The molecule has 6 heteroatoms. The summed E-state index contributed by atoms with van der Waals surface area (Å²) in [5.74, 6) is -0.400. The van der Waals surface area contributed by atoms with Gasteiger partial charge in [-0.05, 0) is 6.42 Å². The Morgan fingerprint density at radius 1 is 1.11 bits per heavy atom. The van der Waals surface area contributed by atoms with Crippen LogP contribution in [0.15, 0.2) is 0 Å². The number of hydrogen-bond donors (Lipinski definition) is 2. The van der Waals surface area contributed by atoms with Gasteiger partial charge >= 0.3 is 0 Å².